The summed E-state index contributed by atoms with van der Waals surface area (Å²) in [5, 5.41) is 2.99. The SMILES string of the molecule is COc1ccc(C(CC(=O)NC2CCCC2)NS(=O)(=O)c2ccc(F)cc2)cc1. The molecule has 1 unspecified atom stereocenters. The van der Waals surface area contributed by atoms with Gasteiger partial charge in [-0.3, -0.25) is 4.79 Å². The van der Waals surface area contributed by atoms with Crippen LogP contribution in [0.5, 0.6) is 5.75 Å². The molecule has 0 spiro atoms. The Bertz CT molecular complexity index is 924. The lowest BCUT2D eigenvalue weighted by atomic mass is 10.0. The molecule has 2 aromatic carbocycles. The van der Waals surface area contributed by atoms with Crippen molar-refractivity contribution in [1.29, 1.82) is 0 Å². The van der Waals surface area contributed by atoms with Gasteiger partial charge in [-0.2, -0.15) is 0 Å². The van der Waals surface area contributed by atoms with Gasteiger partial charge in [-0.1, -0.05) is 25.0 Å². The maximum absolute atomic E-state index is 13.2. The summed E-state index contributed by atoms with van der Waals surface area (Å²) in [7, 11) is -2.40. The Morgan fingerprint density at radius 3 is 2.31 bits per heavy atom. The van der Waals surface area contributed by atoms with Crippen molar-refractivity contribution < 1.29 is 22.3 Å². The Morgan fingerprint density at radius 1 is 1.10 bits per heavy atom. The van der Waals surface area contributed by atoms with Gasteiger partial charge in [0.2, 0.25) is 15.9 Å². The van der Waals surface area contributed by atoms with Crippen molar-refractivity contribution in [2.45, 2.75) is 49.1 Å². The molecule has 1 saturated carbocycles. The number of rotatable bonds is 8. The van der Waals surface area contributed by atoms with E-state index in [0.717, 1.165) is 37.8 Å². The van der Waals surface area contributed by atoms with E-state index in [9.17, 15) is 17.6 Å². The smallest absolute Gasteiger partial charge is 0.241 e. The molecule has 1 amide bonds. The van der Waals surface area contributed by atoms with Crippen molar-refractivity contribution in [1.82, 2.24) is 10.0 Å². The fourth-order valence-corrected chi connectivity index (χ4v) is 4.70. The van der Waals surface area contributed by atoms with Gasteiger partial charge < -0.3 is 10.1 Å². The van der Waals surface area contributed by atoms with Crippen molar-refractivity contribution in [2.24, 2.45) is 0 Å². The van der Waals surface area contributed by atoms with Gasteiger partial charge in [0, 0.05) is 12.5 Å². The van der Waals surface area contributed by atoms with Crippen LogP contribution in [0.15, 0.2) is 53.4 Å². The summed E-state index contributed by atoms with van der Waals surface area (Å²) in [5.74, 6) is -0.101. The second-order valence-corrected chi connectivity index (χ2v) is 8.87. The van der Waals surface area contributed by atoms with Gasteiger partial charge in [0.15, 0.2) is 0 Å². The van der Waals surface area contributed by atoms with Crippen LogP contribution in [0, 0.1) is 5.82 Å². The van der Waals surface area contributed by atoms with Crippen molar-refractivity contribution in [3.63, 3.8) is 0 Å². The van der Waals surface area contributed by atoms with Gasteiger partial charge in [0.25, 0.3) is 0 Å². The molecule has 0 heterocycles. The Labute approximate surface area is 170 Å². The lowest BCUT2D eigenvalue weighted by molar-refractivity contribution is -0.122. The third-order valence-corrected chi connectivity index (χ3v) is 6.54. The molecule has 3 rings (SSSR count). The average molecular weight is 421 g/mol. The lowest BCUT2D eigenvalue weighted by Gasteiger charge is -2.21. The number of nitrogens with one attached hydrogen (secondary N) is 2. The van der Waals surface area contributed by atoms with Crippen LogP contribution in [0.25, 0.3) is 0 Å². The second-order valence-electron chi connectivity index (χ2n) is 7.15. The topological polar surface area (TPSA) is 84.5 Å². The zero-order chi connectivity index (χ0) is 20.9. The molecule has 1 aliphatic rings. The van der Waals surface area contributed by atoms with Gasteiger partial charge in [-0.05, 0) is 54.8 Å². The van der Waals surface area contributed by atoms with E-state index < -0.39 is 21.9 Å². The molecule has 0 aliphatic heterocycles. The molecule has 2 aromatic rings. The zero-order valence-corrected chi connectivity index (χ0v) is 17.0. The molecule has 1 aliphatic carbocycles. The Balaban J connectivity index is 1.80. The molecule has 6 nitrogen and oxygen atoms in total. The van der Waals surface area contributed by atoms with Crippen molar-refractivity contribution >= 4 is 15.9 Å². The standard InChI is InChI=1S/C21H25FN2O4S/c1-28-18-10-6-15(7-11-18)20(14-21(25)23-17-4-2-3-5-17)24-29(26,27)19-12-8-16(22)9-13-19/h6-13,17,20,24H,2-5,14H2,1H3,(H,23,25). The van der Waals surface area contributed by atoms with E-state index in [4.69, 9.17) is 4.74 Å². The van der Waals surface area contributed by atoms with Gasteiger partial charge in [0.1, 0.15) is 11.6 Å². The maximum atomic E-state index is 13.2. The molecule has 0 radical (unpaired) electrons. The predicted octanol–water partition coefficient (Wildman–Crippen LogP) is 3.30. The maximum Gasteiger partial charge on any atom is 0.241 e. The minimum atomic E-state index is -3.94. The minimum Gasteiger partial charge on any atom is -0.497 e. The number of ether oxygens (including phenoxy) is 1. The Morgan fingerprint density at radius 2 is 1.72 bits per heavy atom. The number of sulfonamides is 1. The van der Waals surface area contributed by atoms with E-state index in [1.165, 1.54) is 12.1 Å². The predicted molar refractivity (Wildman–Crippen MR) is 107 cm³/mol. The quantitative estimate of drug-likeness (QED) is 0.686. The number of carbonyl (C=O) groups excluding carboxylic acids is 1. The number of hydrogen-bond acceptors (Lipinski definition) is 4. The number of methoxy groups -OCH3 is 1. The second kappa shape index (κ2) is 9.37. The summed E-state index contributed by atoms with van der Waals surface area (Å²) in [4.78, 5) is 12.5. The first-order chi connectivity index (χ1) is 13.9. The molecule has 0 aromatic heterocycles. The van der Waals surface area contributed by atoms with Crippen molar-refractivity contribution in [3.8, 4) is 5.75 Å². The van der Waals surface area contributed by atoms with Crippen LogP contribution in [0.3, 0.4) is 0 Å². The van der Waals surface area contributed by atoms with Crippen LogP contribution in [0.1, 0.15) is 43.7 Å². The fraction of sp³-hybridized carbons (Fsp3) is 0.381. The molecule has 0 saturated heterocycles. The van der Waals surface area contributed by atoms with Crippen LogP contribution in [-0.2, 0) is 14.8 Å². The summed E-state index contributed by atoms with van der Waals surface area (Å²) in [5.41, 5.74) is 0.637. The summed E-state index contributed by atoms with van der Waals surface area (Å²) in [6, 6.07) is 10.8. The lowest BCUT2D eigenvalue weighted by Crippen LogP contribution is -2.37. The summed E-state index contributed by atoms with van der Waals surface area (Å²) >= 11 is 0. The Kier molecular flexibility index (Phi) is 6.87. The largest absolute Gasteiger partial charge is 0.497 e. The van der Waals surface area contributed by atoms with Gasteiger partial charge in [-0.15, -0.1) is 0 Å². The molecule has 156 valence electrons. The van der Waals surface area contributed by atoms with E-state index in [-0.39, 0.29) is 23.3 Å². The van der Waals surface area contributed by atoms with Crippen LogP contribution in [0.2, 0.25) is 0 Å². The van der Waals surface area contributed by atoms with Crippen LogP contribution < -0.4 is 14.8 Å². The van der Waals surface area contributed by atoms with Crippen LogP contribution >= 0.6 is 0 Å². The summed E-state index contributed by atoms with van der Waals surface area (Å²) < 4.78 is 46.5. The number of carbonyl (C=O) groups is 1. The molecule has 2 N–H and O–H groups in total. The molecule has 1 fully saturated rings. The number of benzene rings is 2. The van der Waals surface area contributed by atoms with Crippen LogP contribution in [0.4, 0.5) is 4.39 Å². The van der Waals surface area contributed by atoms with E-state index in [0.29, 0.717) is 11.3 Å². The van der Waals surface area contributed by atoms with E-state index >= 15 is 0 Å². The highest BCUT2D eigenvalue weighted by Gasteiger charge is 2.25. The van der Waals surface area contributed by atoms with Crippen molar-refractivity contribution in [3.05, 3.63) is 59.9 Å². The third-order valence-electron chi connectivity index (χ3n) is 5.05. The van der Waals surface area contributed by atoms with Crippen LogP contribution in [-0.4, -0.2) is 27.5 Å². The summed E-state index contributed by atoms with van der Waals surface area (Å²) in [6.45, 7) is 0. The molecule has 0 bridgehead atoms. The van der Waals surface area contributed by atoms with Gasteiger partial charge in [0.05, 0.1) is 18.0 Å². The molecule has 29 heavy (non-hydrogen) atoms. The molecule has 1 atom stereocenters. The van der Waals surface area contributed by atoms with E-state index in [1.54, 1.807) is 31.4 Å². The Hall–Kier alpha value is -2.45. The minimum absolute atomic E-state index is 0.0384. The highest BCUT2D eigenvalue weighted by atomic mass is 32.2. The monoisotopic (exact) mass is 420 g/mol. The molecular weight excluding hydrogens is 395 g/mol. The van der Waals surface area contributed by atoms with Gasteiger partial charge in [-0.25, -0.2) is 17.5 Å². The summed E-state index contributed by atoms with van der Waals surface area (Å²) in [6.07, 6.45) is 4.03. The first kappa shape index (κ1) is 21.3. The first-order valence-electron chi connectivity index (χ1n) is 9.58. The molecule has 8 heteroatoms. The van der Waals surface area contributed by atoms with E-state index in [1.807, 2.05) is 0 Å². The highest BCUT2D eigenvalue weighted by molar-refractivity contribution is 7.89. The fourth-order valence-electron chi connectivity index (χ4n) is 3.47. The van der Waals surface area contributed by atoms with E-state index in [2.05, 4.69) is 10.0 Å². The number of halogens is 1. The zero-order valence-electron chi connectivity index (χ0n) is 16.2. The van der Waals surface area contributed by atoms with Gasteiger partial charge >= 0.3 is 0 Å². The highest BCUT2D eigenvalue weighted by Crippen LogP contribution is 2.24. The average Bonchev–Trinajstić information content (AvgIpc) is 3.20. The molecular formula is C21H25FN2O4S. The number of hydrogen-bond donors (Lipinski definition) is 2. The first-order valence-corrected chi connectivity index (χ1v) is 11.1. The van der Waals surface area contributed by atoms with Crippen molar-refractivity contribution in [2.75, 3.05) is 7.11 Å². The normalized spacial score (nSPS) is 15.8. The number of amides is 1. The third kappa shape index (κ3) is 5.77.